The van der Waals surface area contributed by atoms with Gasteiger partial charge in [-0.1, -0.05) is 23.2 Å². The summed E-state index contributed by atoms with van der Waals surface area (Å²) in [6.45, 7) is -0.350. The van der Waals surface area contributed by atoms with Gasteiger partial charge in [0.2, 0.25) is 0 Å². The van der Waals surface area contributed by atoms with Crippen LogP contribution < -0.4 is 0 Å². The monoisotopic (exact) mass is 323 g/mol. The average Bonchev–Trinajstić information content (AvgIpc) is 2.37. The lowest BCUT2D eigenvalue weighted by Crippen LogP contribution is -2.38. The van der Waals surface area contributed by atoms with Crippen molar-refractivity contribution in [1.29, 1.82) is 0 Å². The van der Waals surface area contributed by atoms with E-state index in [0.29, 0.717) is 0 Å². The number of hydrogen-bond acceptors (Lipinski definition) is 3. The molecule has 8 heteroatoms. The normalized spacial score (nSPS) is 10.4. The van der Waals surface area contributed by atoms with Crippen LogP contribution in [-0.4, -0.2) is 48.7 Å². The maximum absolute atomic E-state index is 13.4. The van der Waals surface area contributed by atoms with E-state index in [-0.39, 0.29) is 28.8 Å². The number of hydrogen-bond donors (Lipinski definition) is 1. The van der Waals surface area contributed by atoms with Gasteiger partial charge >= 0.3 is 5.97 Å². The molecule has 0 aliphatic heterocycles. The highest BCUT2D eigenvalue weighted by atomic mass is 35.5. The first-order valence-electron chi connectivity index (χ1n) is 5.51. The van der Waals surface area contributed by atoms with Crippen molar-refractivity contribution in [2.75, 3.05) is 26.8 Å². The molecule has 0 saturated heterocycles. The van der Waals surface area contributed by atoms with Gasteiger partial charge in [-0.3, -0.25) is 9.59 Å². The van der Waals surface area contributed by atoms with Gasteiger partial charge in [0.1, 0.15) is 12.4 Å². The molecule has 0 aliphatic rings. The van der Waals surface area contributed by atoms with Crippen LogP contribution in [0.3, 0.4) is 0 Å². The Morgan fingerprint density at radius 1 is 1.35 bits per heavy atom. The third kappa shape index (κ3) is 4.33. The Kier molecular flexibility index (Phi) is 6.19. The molecule has 1 rings (SSSR count). The van der Waals surface area contributed by atoms with Gasteiger partial charge in [0, 0.05) is 13.7 Å². The molecule has 0 bridgehead atoms. The van der Waals surface area contributed by atoms with E-state index in [1.54, 1.807) is 0 Å². The predicted octanol–water partition coefficient (Wildman–Crippen LogP) is 2.31. The Hall–Kier alpha value is -1.37. The van der Waals surface area contributed by atoms with Crippen LogP contribution in [0, 0.1) is 5.82 Å². The standard InChI is InChI=1S/C12H12Cl2FNO4/c1-20-3-2-16(6-11(17)18)12(19)7-4-10(15)9(14)5-8(7)13/h4-5H,2-3,6H2,1H3,(H,17,18). The van der Waals surface area contributed by atoms with E-state index in [1.807, 2.05) is 0 Å². The first-order chi connectivity index (χ1) is 9.36. The second-order valence-corrected chi connectivity index (χ2v) is 4.67. The van der Waals surface area contributed by atoms with Gasteiger partial charge in [0.25, 0.3) is 5.91 Å². The molecule has 0 aliphatic carbocycles. The topological polar surface area (TPSA) is 66.8 Å². The third-order valence-electron chi connectivity index (χ3n) is 2.42. The molecule has 1 amide bonds. The lowest BCUT2D eigenvalue weighted by molar-refractivity contribution is -0.137. The SMILES string of the molecule is COCCN(CC(=O)O)C(=O)c1cc(F)c(Cl)cc1Cl. The number of carbonyl (C=O) groups excluding carboxylic acids is 1. The van der Waals surface area contributed by atoms with Crippen molar-refractivity contribution in [1.82, 2.24) is 4.90 Å². The molecule has 0 heterocycles. The van der Waals surface area contributed by atoms with Crippen LogP contribution in [-0.2, 0) is 9.53 Å². The number of amides is 1. The number of methoxy groups -OCH3 is 1. The molecule has 0 fully saturated rings. The second kappa shape index (κ2) is 7.42. The molecular formula is C12H12Cl2FNO4. The highest BCUT2D eigenvalue weighted by Crippen LogP contribution is 2.25. The summed E-state index contributed by atoms with van der Waals surface area (Å²) in [6.07, 6.45) is 0. The number of ether oxygens (including phenoxy) is 1. The maximum atomic E-state index is 13.4. The molecule has 5 nitrogen and oxygen atoms in total. The van der Waals surface area contributed by atoms with Crippen molar-refractivity contribution in [2.24, 2.45) is 0 Å². The maximum Gasteiger partial charge on any atom is 0.323 e. The van der Waals surface area contributed by atoms with E-state index in [1.165, 1.54) is 7.11 Å². The number of halogens is 3. The molecule has 1 aromatic carbocycles. The average molecular weight is 324 g/mol. The second-order valence-electron chi connectivity index (χ2n) is 3.86. The first-order valence-corrected chi connectivity index (χ1v) is 6.27. The molecule has 0 unspecified atom stereocenters. The Labute approximate surface area is 124 Å². The summed E-state index contributed by atoms with van der Waals surface area (Å²) in [5, 5.41) is 8.52. The van der Waals surface area contributed by atoms with Gasteiger partial charge in [-0.15, -0.1) is 0 Å². The minimum atomic E-state index is -1.19. The van der Waals surface area contributed by atoms with Crippen LogP contribution in [0.25, 0.3) is 0 Å². The summed E-state index contributed by atoms with van der Waals surface area (Å²) in [5.41, 5.74) is -0.147. The number of aliphatic carboxylic acids is 1. The molecule has 0 atom stereocenters. The highest BCUT2D eigenvalue weighted by Gasteiger charge is 2.22. The van der Waals surface area contributed by atoms with Gasteiger partial charge in [0.15, 0.2) is 0 Å². The fourth-order valence-electron chi connectivity index (χ4n) is 1.47. The van der Waals surface area contributed by atoms with Crippen molar-refractivity contribution in [3.63, 3.8) is 0 Å². The fraction of sp³-hybridized carbons (Fsp3) is 0.333. The van der Waals surface area contributed by atoms with Crippen molar-refractivity contribution in [2.45, 2.75) is 0 Å². The van der Waals surface area contributed by atoms with Crippen molar-refractivity contribution in [3.05, 3.63) is 33.6 Å². The van der Waals surface area contributed by atoms with Gasteiger partial charge < -0.3 is 14.7 Å². The van der Waals surface area contributed by atoms with E-state index in [2.05, 4.69) is 0 Å². The Bertz CT molecular complexity index is 524. The Morgan fingerprint density at radius 3 is 2.55 bits per heavy atom. The lowest BCUT2D eigenvalue weighted by Gasteiger charge is -2.21. The smallest absolute Gasteiger partial charge is 0.323 e. The number of rotatable bonds is 6. The molecule has 0 saturated carbocycles. The molecule has 1 aromatic rings. The summed E-state index contributed by atoms with van der Waals surface area (Å²) in [5.74, 6) is -2.70. The van der Waals surface area contributed by atoms with Crippen LogP contribution in [0.1, 0.15) is 10.4 Å². The zero-order valence-electron chi connectivity index (χ0n) is 10.5. The number of carbonyl (C=O) groups is 2. The molecule has 0 aromatic heterocycles. The molecule has 20 heavy (non-hydrogen) atoms. The zero-order chi connectivity index (χ0) is 15.3. The summed E-state index contributed by atoms with van der Waals surface area (Å²) in [6, 6.07) is 1.98. The lowest BCUT2D eigenvalue weighted by atomic mass is 10.2. The third-order valence-corrected chi connectivity index (χ3v) is 3.02. The van der Waals surface area contributed by atoms with Gasteiger partial charge in [0.05, 0.1) is 22.2 Å². The number of carboxylic acid groups (broad SMARTS) is 1. The molecule has 110 valence electrons. The van der Waals surface area contributed by atoms with Crippen LogP contribution in [0.2, 0.25) is 10.0 Å². The molecule has 0 radical (unpaired) electrons. The predicted molar refractivity (Wildman–Crippen MR) is 71.8 cm³/mol. The van der Waals surface area contributed by atoms with Crippen molar-refractivity contribution >= 4 is 35.1 Å². The molecular weight excluding hydrogens is 312 g/mol. The van der Waals surface area contributed by atoms with Crippen LogP contribution >= 0.6 is 23.2 Å². The summed E-state index contributed by atoms with van der Waals surface area (Å²) < 4.78 is 18.2. The summed E-state index contributed by atoms with van der Waals surface area (Å²) in [7, 11) is 1.42. The Balaban J connectivity index is 3.04. The summed E-state index contributed by atoms with van der Waals surface area (Å²) >= 11 is 11.4. The number of benzene rings is 1. The van der Waals surface area contributed by atoms with E-state index in [9.17, 15) is 14.0 Å². The quantitative estimate of drug-likeness (QED) is 0.816. The minimum Gasteiger partial charge on any atom is -0.480 e. The highest BCUT2D eigenvalue weighted by molar-refractivity contribution is 6.36. The van der Waals surface area contributed by atoms with E-state index >= 15 is 0 Å². The molecule has 0 spiro atoms. The number of carboxylic acids is 1. The zero-order valence-corrected chi connectivity index (χ0v) is 12.0. The van der Waals surface area contributed by atoms with E-state index < -0.39 is 24.2 Å². The Morgan fingerprint density at radius 2 is 2.00 bits per heavy atom. The van der Waals surface area contributed by atoms with E-state index in [0.717, 1.165) is 17.0 Å². The number of nitrogens with zero attached hydrogens (tertiary/aromatic N) is 1. The van der Waals surface area contributed by atoms with Gasteiger partial charge in [-0.05, 0) is 12.1 Å². The van der Waals surface area contributed by atoms with E-state index in [4.69, 9.17) is 33.0 Å². The van der Waals surface area contributed by atoms with Crippen molar-refractivity contribution < 1.29 is 23.8 Å². The van der Waals surface area contributed by atoms with Gasteiger partial charge in [-0.25, -0.2) is 4.39 Å². The largest absolute Gasteiger partial charge is 0.480 e. The summed E-state index contributed by atoms with van der Waals surface area (Å²) in [4.78, 5) is 23.9. The minimum absolute atomic E-state index is 0.0439. The van der Waals surface area contributed by atoms with Gasteiger partial charge in [-0.2, -0.15) is 0 Å². The van der Waals surface area contributed by atoms with Crippen LogP contribution in [0.5, 0.6) is 0 Å². The fourth-order valence-corrected chi connectivity index (χ4v) is 1.94. The van der Waals surface area contributed by atoms with Crippen LogP contribution in [0.4, 0.5) is 4.39 Å². The van der Waals surface area contributed by atoms with Crippen LogP contribution in [0.15, 0.2) is 12.1 Å². The molecule has 1 N–H and O–H groups in total. The first kappa shape index (κ1) is 16.7. The van der Waals surface area contributed by atoms with Crippen molar-refractivity contribution in [3.8, 4) is 0 Å².